The number of halogens is 3. The Balaban J connectivity index is 0.000000483. The van der Waals surface area contributed by atoms with Crippen molar-refractivity contribution in [1.82, 2.24) is 10.2 Å². The molecule has 0 radical (unpaired) electrons. The summed E-state index contributed by atoms with van der Waals surface area (Å²) in [5, 5.41) is 5.45. The number of amides is 2. The van der Waals surface area contributed by atoms with Gasteiger partial charge in [0.05, 0.1) is 0 Å². The van der Waals surface area contributed by atoms with Crippen molar-refractivity contribution in [2.24, 2.45) is 11.7 Å². The molecule has 0 saturated carbocycles. The summed E-state index contributed by atoms with van der Waals surface area (Å²) in [7, 11) is 2.17. The van der Waals surface area contributed by atoms with E-state index in [1.165, 1.54) is 69.3 Å². The number of nitrogens with one attached hydrogen (secondary N) is 2. The molecule has 3 aromatic carbocycles. The normalized spacial score (nSPS) is 11.7. The van der Waals surface area contributed by atoms with Gasteiger partial charge in [-0.25, -0.2) is 13.2 Å². The van der Waals surface area contributed by atoms with Crippen LogP contribution in [0.25, 0.3) is 0 Å². The smallest absolute Gasteiger partial charge is 0.251 e. The number of carbonyl (C=O) groups is 3. The number of rotatable bonds is 13. The standard InChI is InChI=1S/C21H24FN3O3.C7H6F2.C7H17N/c1-14(20(27)25-19-7-5-17(22)6-8-19)11-18(23)13-24-21(28)16-4-2-3-15(12-16)9-10-26;1-5-3-2-4-6(8)7(5)9;1-4-6-8(3)7-5-2/h2-8,10,12,14,18H,9,11,13,23H2,1H3,(H,24,28)(H,25,27);2-4H,1H3;4-7H2,1-3H3. The van der Waals surface area contributed by atoms with Crippen LogP contribution in [-0.2, 0) is 16.0 Å². The van der Waals surface area contributed by atoms with E-state index in [-0.39, 0.29) is 36.5 Å². The van der Waals surface area contributed by atoms with E-state index in [1.54, 1.807) is 31.2 Å². The van der Waals surface area contributed by atoms with E-state index in [2.05, 4.69) is 36.4 Å². The molecule has 0 fully saturated rings. The van der Waals surface area contributed by atoms with Gasteiger partial charge in [0, 0.05) is 36.2 Å². The predicted molar refractivity (Wildman–Crippen MR) is 175 cm³/mol. The first-order valence-corrected chi connectivity index (χ1v) is 15.1. The fraction of sp³-hybridized carbons (Fsp3) is 0.400. The van der Waals surface area contributed by atoms with Crippen LogP contribution in [0.5, 0.6) is 0 Å². The number of benzene rings is 3. The quantitative estimate of drug-likeness (QED) is 0.193. The van der Waals surface area contributed by atoms with Gasteiger partial charge in [-0.2, -0.15) is 0 Å². The molecule has 246 valence electrons. The molecule has 3 rings (SSSR count). The Kier molecular flexibility index (Phi) is 18.8. The van der Waals surface area contributed by atoms with Gasteiger partial charge < -0.3 is 26.1 Å². The summed E-state index contributed by atoms with van der Waals surface area (Å²) < 4.78 is 37.5. The van der Waals surface area contributed by atoms with Gasteiger partial charge in [0.25, 0.3) is 5.91 Å². The highest BCUT2D eigenvalue weighted by Crippen LogP contribution is 2.13. The number of nitrogens with zero attached hydrogens (tertiary/aromatic N) is 1. The maximum Gasteiger partial charge on any atom is 0.251 e. The molecular weight excluding hydrogens is 581 g/mol. The van der Waals surface area contributed by atoms with E-state index < -0.39 is 17.7 Å². The van der Waals surface area contributed by atoms with E-state index >= 15 is 0 Å². The second-order valence-corrected chi connectivity index (χ2v) is 10.8. The summed E-state index contributed by atoms with van der Waals surface area (Å²) >= 11 is 0. The molecular formula is C35H47F3N4O3. The molecule has 0 aliphatic rings. The van der Waals surface area contributed by atoms with Gasteiger partial charge in [-0.05, 0) is 99.9 Å². The summed E-state index contributed by atoms with van der Waals surface area (Å²) in [5.74, 6) is -2.80. The number of carbonyl (C=O) groups excluding carboxylic acids is 3. The third-order valence-electron chi connectivity index (χ3n) is 6.60. The average molecular weight is 629 g/mol. The lowest BCUT2D eigenvalue weighted by Gasteiger charge is -2.18. The van der Waals surface area contributed by atoms with Gasteiger partial charge in [-0.3, -0.25) is 9.59 Å². The van der Waals surface area contributed by atoms with Crippen LogP contribution in [0.4, 0.5) is 18.9 Å². The van der Waals surface area contributed by atoms with Crippen molar-refractivity contribution < 1.29 is 27.6 Å². The number of hydrogen-bond acceptors (Lipinski definition) is 5. The topological polar surface area (TPSA) is 105 Å². The van der Waals surface area contributed by atoms with Crippen LogP contribution in [0.1, 0.15) is 61.5 Å². The third kappa shape index (κ3) is 16.0. The Morgan fingerprint density at radius 3 is 2.13 bits per heavy atom. The minimum atomic E-state index is -0.782. The summed E-state index contributed by atoms with van der Waals surface area (Å²) in [4.78, 5) is 37.4. The zero-order chi connectivity index (χ0) is 33.8. The van der Waals surface area contributed by atoms with Gasteiger partial charge in [-0.1, -0.05) is 45.0 Å². The summed E-state index contributed by atoms with van der Waals surface area (Å²) in [6.07, 6.45) is 3.96. The van der Waals surface area contributed by atoms with Crippen LogP contribution in [0, 0.1) is 30.3 Å². The highest BCUT2D eigenvalue weighted by Gasteiger charge is 2.18. The first-order valence-electron chi connectivity index (χ1n) is 15.1. The van der Waals surface area contributed by atoms with Crippen LogP contribution in [0.15, 0.2) is 66.7 Å². The maximum absolute atomic E-state index is 12.9. The fourth-order valence-electron chi connectivity index (χ4n) is 4.19. The summed E-state index contributed by atoms with van der Waals surface area (Å²) in [5.41, 5.74) is 8.11. The summed E-state index contributed by atoms with van der Waals surface area (Å²) in [6, 6.07) is 16.0. The molecule has 10 heteroatoms. The number of aldehydes is 1. The number of nitrogens with two attached hydrogens (primary N) is 1. The van der Waals surface area contributed by atoms with E-state index in [4.69, 9.17) is 5.73 Å². The number of hydrogen-bond donors (Lipinski definition) is 3. The van der Waals surface area contributed by atoms with Crippen molar-refractivity contribution in [2.45, 2.75) is 59.4 Å². The molecule has 2 unspecified atom stereocenters. The minimum absolute atomic E-state index is 0.213. The molecule has 4 N–H and O–H groups in total. The van der Waals surface area contributed by atoms with E-state index in [9.17, 15) is 27.6 Å². The van der Waals surface area contributed by atoms with Crippen LogP contribution < -0.4 is 16.4 Å². The molecule has 3 aromatic rings. The van der Waals surface area contributed by atoms with Gasteiger partial charge in [0.1, 0.15) is 12.1 Å². The van der Waals surface area contributed by atoms with Gasteiger partial charge in [0.2, 0.25) is 5.91 Å². The van der Waals surface area contributed by atoms with Gasteiger partial charge >= 0.3 is 0 Å². The van der Waals surface area contributed by atoms with Crippen molar-refractivity contribution in [1.29, 1.82) is 0 Å². The Morgan fingerprint density at radius 1 is 0.956 bits per heavy atom. The molecule has 0 aliphatic heterocycles. The monoisotopic (exact) mass is 628 g/mol. The van der Waals surface area contributed by atoms with Crippen molar-refractivity contribution in [3.63, 3.8) is 0 Å². The average Bonchev–Trinajstić information content (AvgIpc) is 3.01. The van der Waals surface area contributed by atoms with Crippen LogP contribution in [0.3, 0.4) is 0 Å². The van der Waals surface area contributed by atoms with Crippen LogP contribution in [-0.4, -0.2) is 55.7 Å². The largest absolute Gasteiger partial charge is 0.350 e. The fourth-order valence-corrected chi connectivity index (χ4v) is 4.19. The molecule has 0 aromatic heterocycles. The van der Waals surface area contributed by atoms with Crippen molar-refractivity contribution in [3.8, 4) is 0 Å². The molecule has 0 bridgehead atoms. The maximum atomic E-state index is 12.9. The van der Waals surface area contributed by atoms with E-state index in [1.807, 2.05) is 0 Å². The lowest BCUT2D eigenvalue weighted by atomic mass is 10.0. The number of anilines is 1. The molecule has 0 spiro atoms. The third-order valence-corrected chi connectivity index (χ3v) is 6.60. The lowest BCUT2D eigenvalue weighted by molar-refractivity contribution is -0.119. The number of aryl methyl sites for hydroxylation is 1. The zero-order valence-electron chi connectivity index (χ0n) is 26.9. The van der Waals surface area contributed by atoms with E-state index in [0.29, 0.717) is 23.2 Å². The van der Waals surface area contributed by atoms with Crippen LogP contribution in [0.2, 0.25) is 0 Å². The SMILES string of the molecule is CC(CC(N)CNC(=O)c1cccc(CC=O)c1)C(=O)Nc1ccc(F)cc1.CCCN(C)CCC.Cc1cccc(F)c1F. The molecule has 0 saturated heterocycles. The Labute approximate surface area is 265 Å². The molecule has 0 aliphatic carbocycles. The highest BCUT2D eigenvalue weighted by atomic mass is 19.2. The van der Waals surface area contributed by atoms with Crippen molar-refractivity contribution >= 4 is 23.8 Å². The molecule has 45 heavy (non-hydrogen) atoms. The second-order valence-electron chi connectivity index (χ2n) is 10.8. The summed E-state index contributed by atoms with van der Waals surface area (Å²) in [6.45, 7) is 10.4. The van der Waals surface area contributed by atoms with Crippen molar-refractivity contribution in [2.75, 3.05) is 32.0 Å². The van der Waals surface area contributed by atoms with Gasteiger partial charge in [0.15, 0.2) is 11.6 Å². The first kappa shape index (κ1) is 39.0. The first-order chi connectivity index (χ1) is 21.4. The minimum Gasteiger partial charge on any atom is -0.350 e. The lowest BCUT2D eigenvalue weighted by Crippen LogP contribution is -2.39. The molecule has 0 heterocycles. The molecule has 2 amide bonds. The van der Waals surface area contributed by atoms with Gasteiger partial charge in [-0.15, -0.1) is 0 Å². The molecule has 2 atom stereocenters. The highest BCUT2D eigenvalue weighted by molar-refractivity contribution is 5.94. The Morgan fingerprint density at radius 2 is 1.58 bits per heavy atom. The van der Waals surface area contributed by atoms with Crippen LogP contribution >= 0.6 is 0 Å². The zero-order valence-corrected chi connectivity index (χ0v) is 26.9. The molecule has 7 nitrogen and oxygen atoms in total. The Bertz CT molecular complexity index is 1300. The van der Waals surface area contributed by atoms with E-state index in [0.717, 1.165) is 17.9 Å². The second kappa shape index (κ2) is 21.6. The Hall–Kier alpha value is -4.02. The predicted octanol–water partition coefficient (Wildman–Crippen LogP) is 6.30. The van der Waals surface area contributed by atoms with Crippen molar-refractivity contribution in [3.05, 3.63) is 101 Å².